The monoisotopic (exact) mass is 165 g/mol. The lowest BCUT2D eigenvalue weighted by Crippen LogP contribution is -2.10. The van der Waals surface area contributed by atoms with E-state index in [4.69, 9.17) is 0 Å². The van der Waals surface area contributed by atoms with Crippen LogP contribution in [0.25, 0.3) is 0 Å². The third-order valence-corrected chi connectivity index (χ3v) is 2.52. The summed E-state index contributed by atoms with van der Waals surface area (Å²) in [5.41, 5.74) is 0. The maximum atomic E-state index is 4.01. The van der Waals surface area contributed by atoms with Gasteiger partial charge in [0.1, 0.15) is 0 Å². The first kappa shape index (κ1) is 7.80. The fourth-order valence-electron chi connectivity index (χ4n) is 1.71. The van der Waals surface area contributed by atoms with Crippen molar-refractivity contribution < 1.29 is 0 Å². The Kier molecular flexibility index (Phi) is 2.42. The lowest BCUT2D eigenvalue weighted by Gasteiger charge is -2.07. The van der Waals surface area contributed by atoms with Gasteiger partial charge in [0.25, 0.3) is 0 Å². The number of aromatic nitrogens is 2. The predicted molar refractivity (Wildman–Crippen MR) is 47.8 cm³/mol. The minimum Gasteiger partial charge on any atom is -0.337 e. The van der Waals surface area contributed by atoms with E-state index in [1.807, 2.05) is 18.7 Å². The van der Waals surface area contributed by atoms with Gasteiger partial charge in [0.05, 0.1) is 6.33 Å². The van der Waals surface area contributed by atoms with Crippen molar-refractivity contribution >= 4 is 0 Å². The van der Waals surface area contributed by atoms with Gasteiger partial charge < -0.3 is 9.88 Å². The van der Waals surface area contributed by atoms with Gasteiger partial charge in [-0.05, 0) is 31.8 Å². The number of rotatable bonds is 3. The number of nitrogens with one attached hydrogen (secondary N) is 1. The molecule has 1 aromatic heterocycles. The van der Waals surface area contributed by atoms with E-state index in [2.05, 4.69) is 14.9 Å². The molecule has 0 amide bonds. The lowest BCUT2D eigenvalue weighted by molar-refractivity contribution is 0.480. The summed E-state index contributed by atoms with van der Waals surface area (Å²) >= 11 is 0. The summed E-state index contributed by atoms with van der Waals surface area (Å²) in [5, 5.41) is 3.38. The van der Waals surface area contributed by atoms with E-state index in [0.29, 0.717) is 0 Å². The average molecular weight is 165 g/mol. The third kappa shape index (κ3) is 1.85. The molecule has 66 valence electrons. The molecule has 1 aliphatic rings. The summed E-state index contributed by atoms with van der Waals surface area (Å²) in [6.45, 7) is 3.52. The van der Waals surface area contributed by atoms with E-state index in [1.165, 1.54) is 25.9 Å². The Morgan fingerprint density at radius 3 is 3.25 bits per heavy atom. The zero-order valence-corrected chi connectivity index (χ0v) is 7.24. The second-order valence-electron chi connectivity index (χ2n) is 3.45. The van der Waals surface area contributed by atoms with Crippen LogP contribution in [0.15, 0.2) is 18.7 Å². The lowest BCUT2D eigenvalue weighted by atomic mass is 10.1. The molecule has 1 saturated heterocycles. The van der Waals surface area contributed by atoms with E-state index in [1.54, 1.807) is 0 Å². The molecule has 1 unspecified atom stereocenters. The molecule has 1 fully saturated rings. The van der Waals surface area contributed by atoms with Crippen LogP contribution in [0.5, 0.6) is 0 Å². The van der Waals surface area contributed by atoms with Crippen molar-refractivity contribution in [3.05, 3.63) is 18.7 Å². The fourth-order valence-corrected chi connectivity index (χ4v) is 1.71. The molecule has 3 heteroatoms. The van der Waals surface area contributed by atoms with E-state index < -0.39 is 0 Å². The summed E-state index contributed by atoms with van der Waals surface area (Å²) < 4.78 is 2.15. The van der Waals surface area contributed by atoms with Gasteiger partial charge in [0.2, 0.25) is 0 Å². The van der Waals surface area contributed by atoms with Crippen molar-refractivity contribution in [3.8, 4) is 0 Å². The van der Waals surface area contributed by atoms with Crippen molar-refractivity contribution in [3.63, 3.8) is 0 Å². The number of hydrogen-bond acceptors (Lipinski definition) is 2. The molecule has 1 atom stereocenters. The predicted octanol–water partition coefficient (Wildman–Crippen LogP) is 0.883. The molecule has 2 heterocycles. The van der Waals surface area contributed by atoms with Gasteiger partial charge >= 0.3 is 0 Å². The van der Waals surface area contributed by atoms with Crippen LogP contribution >= 0.6 is 0 Å². The number of imidazole rings is 1. The van der Waals surface area contributed by atoms with Crippen molar-refractivity contribution in [2.45, 2.75) is 19.4 Å². The molecule has 12 heavy (non-hydrogen) atoms. The first-order chi connectivity index (χ1) is 5.95. The van der Waals surface area contributed by atoms with Crippen LogP contribution in [0.1, 0.15) is 12.8 Å². The number of hydrogen-bond donors (Lipinski definition) is 1. The molecular formula is C9H15N3. The van der Waals surface area contributed by atoms with Gasteiger partial charge in [0.15, 0.2) is 0 Å². The second-order valence-corrected chi connectivity index (χ2v) is 3.45. The summed E-state index contributed by atoms with van der Waals surface area (Å²) in [6, 6.07) is 0. The minimum absolute atomic E-state index is 0.882. The molecule has 1 N–H and O–H groups in total. The van der Waals surface area contributed by atoms with Gasteiger partial charge in [-0.3, -0.25) is 0 Å². The molecule has 0 bridgehead atoms. The second kappa shape index (κ2) is 3.72. The van der Waals surface area contributed by atoms with Crippen LogP contribution < -0.4 is 5.32 Å². The highest BCUT2D eigenvalue weighted by Gasteiger charge is 2.13. The summed E-state index contributed by atoms with van der Waals surface area (Å²) in [7, 11) is 0. The van der Waals surface area contributed by atoms with Crippen LogP contribution in [0, 0.1) is 5.92 Å². The fraction of sp³-hybridized carbons (Fsp3) is 0.667. The summed E-state index contributed by atoms with van der Waals surface area (Å²) in [6.07, 6.45) is 8.38. The Labute approximate surface area is 72.8 Å². The third-order valence-electron chi connectivity index (χ3n) is 2.52. The Hall–Kier alpha value is -0.830. The smallest absolute Gasteiger partial charge is 0.0945 e. The maximum Gasteiger partial charge on any atom is 0.0945 e. The van der Waals surface area contributed by atoms with Gasteiger partial charge in [-0.1, -0.05) is 0 Å². The van der Waals surface area contributed by atoms with Crippen molar-refractivity contribution in [2.75, 3.05) is 13.1 Å². The van der Waals surface area contributed by atoms with Crippen molar-refractivity contribution in [1.82, 2.24) is 14.9 Å². The minimum atomic E-state index is 0.882. The van der Waals surface area contributed by atoms with Crippen LogP contribution in [0.4, 0.5) is 0 Å². The highest BCUT2D eigenvalue weighted by atomic mass is 15.0. The zero-order valence-electron chi connectivity index (χ0n) is 7.24. The first-order valence-corrected chi connectivity index (χ1v) is 4.61. The van der Waals surface area contributed by atoms with Crippen molar-refractivity contribution in [1.29, 1.82) is 0 Å². The van der Waals surface area contributed by atoms with Crippen LogP contribution in [0.2, 0.25) is 0 Å². The largest absolute Gasteiger partial charge is 0.337 e. The molecule has 2 rings (SSSR count). The average Bonchev–Trinajstić information content (AvgIpc) is 2.74. The van der Waals surface area contributed by atoms with Crippen molar-refractivity contribution in [2.24, 2.45) is 5.92 Å². The van der Waals surface area contributed by atoms with Crippen LogP contribution in [-0.2, 0) is 6.54 Å². The zero-order chi connectivity index (χ0) is 8.23. The number of nitrogens with zero attached hydrogens (tertiary/aromatic N) is 2. The molecule has 3 nitrogen and oxygen atoms in total. The number of aryl methyl sites for hydroxylation is 1. The van der Waals surface area contributed by atoms with Gasteiger partial charge in [-0.15, -0.1) is 0 Å². The molecule has 1 aromatic rings. The highest BCUT2D eigenvalue weighted by Crippen LogP contribution is 2.12. The molecule has 1 aliphatic heterocycles. The SMILES string of the molecule is c1cn(CCC2CCNC2)cn1. The van der Waals surface area contributed by atoms with Gasteiger partial charge in [0, 0.05) is 18.9 Å². The summed E-state index contributed by atoms with van der Waals surface area (Å²) in [4.78, 5) is 4.01. The first-order valence-electron chi connectivity index (χ1n) is 4.61. The topological polar surface area (TPSA) is 29.9 Å². The Morgan fingerprint density at radius 2 is 2.58 bits per heavy atom. The molecular weight excluding hydrogens is 150 g/mol. The van der Waals surface area contributed by atoms with Gasteiger partial charge in [-0.2, -0.15) is 0 Å². The molecule has 0 radical (unpaired) electrons. The molecule has 0 aliphatic carbocycles. The Bertz CT molecular complexity index is 212. The highest BCUT2D eigenvalue weighted by molar-refractivity contribution is 4.76. The normalized spacial score (nSPS) is 23.2. The van der Waals surface area contributed by atoms with E-state index >= 15 is 0 Å². The van der Waals surface area contributed by atoms with E-state index in [-0.39, 0.29) is 0 Å². The van der Waals surface area contributed by atoms with Crippen LogP contribution in [0.3, 0.4) is 0 Å². The standard InChI is InChI=1S/C9H15N3/c1-3-10-7-9(1)2-5-12-6-4-11-8-12/h4,6,8-10H,1-3,5,7H2. The van der Waals surface area contributed by atoms with E-state index in [0.717, 1.165) is 12.5 Å². The molecule has 0 spiro atoms. The quantitative estimate of drug-likeness (QED) is 0.720. The summed E-state index contributed by atoms with van der Waals surface area (Å²) in [5.74, 6) is 0.882. The van der Waals surface area contributed by atoms with E-state index in [9.17, 15) is 0 Å². The van der Waals surface area contributed by atoms with Crippen LogP contribution in [-0.4, -0.2) is 22.6 Å². The molecule has 0 aromatic carbocycles. The Balaban J connectivity index is 1.74. The van der Waals surface area contributed by atoms with Gasteiger partial charge in [-0.25, -0.2) is 4.98 Å². The molecule has 0 saturated carbocycles. The Morgan fingerprint density at radius 1 is 1.58 bits per heavy atom. The maximum absolute atomic E-state index is 4.01.